The molecule has 1 atom stereocenters. The highest BCUT2D eigenvalue weighted by atomic mass is 16.3. The van der Waals surface area contributed by atoms with Crippen molar-refractivity contribution in [1.82, 2.24) is 4.90 Å². The molecule has 2 heteroatoms. The average molecular weight is 233 g/mol. The Kier molecular flexibility index (Phi) is 3.85. The molecular weight excluding hydrogens is 210 g/mol. The number of benzene rings is 1. The van der Waals surface area contributed by atoms with E-state index in [2.05, 4.69) is 37.8 Å². The largest absolute Gasteiger partial charge is 0.395 e. The second-order valence-electron chi connectivity index (χ2n) is 5.33. The van der Waals surface area contributed by atoms with Crippen molar-refractivity contribution in [3.05, 3.63) is 34.4 Å². The molecule has 0 bridgehead atoms. The van der Waals surface area contributed by atoms with Gasteiger partial charge in [0.05, 0.1) is 6.61 Å². The summed E-state index contributed by atoms with van der Waals surface area (Å²) < 4.78 is 0. The predicted molar refractivity (Wildman–Crippen MR) is 71.2 cm³/mol. The molecule has 0 amide bonds. The van der Waals surface area contributed by atoms with Crippen LogP contribution >= 0.6 is 0 Å². The van der Waals surface area contributed by atoms with Gasteiger partial charge in [-0.1, -0.05) is 17.7 Å². The molecule has 0 aromatic heterocycles. The number of hydrogen-bond donors (Lipinski definition) is 1. The smallest absolute Gasteiger partial charge is 0.0587 e. The van der Waals surface area contributed by atoms with Crippen molar-refractivity contribution in [3.8, 4) is 0 Å². The number of nitrogens with zero attached hydrogens (tertiary/aromatic N) is 1. The van der Waals surface area contributed by atoms with Gasteiger partial charge in [0.15, 0.2) is 0 Å². The minimum Gasteiger partial charge on any atom is -0.395 e. The summed E-state index contributed by atoms with van der Waals surface area (Å²) in [6.07, 6.45) is 2.36. The molecule has 1 aromatic rings. The number of aryl methyl sites for hydroxylation is 3. The molecule has 0 radical (unpaired) electrons. The van der Waals surface area contributed by atoms with Gasteiger partial charge in [0.1, 0.15) is 0 Å². The standard InChI is InChI=1S/C15H23NO/c1-11-7-12(2)15(13(3)8-11)9-16-6-4-5-14(16)10-17/h7-8,14,17H,4-6,9-10H2,1-3H3/t14-/m0/s1. The zero-order chi connectivity index (χ0) is 12.4. The molecule has 1 saturated heterocycles. The third kappa shape index (κ3) is 2.70. The second kappa shape index (κ2) is 5.19. The van der Waals surface area contributed by atoms with Gasteiger partial charge in [0.25, 0.3) is 0 Å². The first-order valence-corrected chi connectivity index (χ1v) is 6.53. The lowest BCUT2D eigenvalue weighted by molar-refractivity contribution is 0.153. The molecule has 2 rings (SSSR count). The highest BCUT2D eigenvalue weighted by molar-refractivity contribution is 5.37. The molecule has 1 aromatic carbocycles. The summed E-state index contributed by atoms with van der Waals surface area (Å²) in [5.74, 6) is 0. The van der Waals surface area contributed by atoms with Crippen LogP contribution in [0.1, 0.15) is 35.1 Å². The van der Waals surface area contributed by atoms with Gasteiger partial charge in [-0.05, 0) is 56.8 Å². The number of aliphatic hydroxyl groups excluding tert-OH is 1. The minimum atomic E-state index is 0.296. The van der Waals surface area contributed by atoms with Gasteiger partial charge < -0.3 is 5.11 Å². The third-order valence-electron chi connectivity index (χ3n) is 3.91. The molecule has 0 saturated carbocycles. The second-order valence-corrected chi connectivity index (χ2v) is 5.33. The van der Waals surface area contributed by atoms with Gasteiger partial charge in [-0.2, -0.15) is 0 Å². The number of hydrogen-bond acceptors (Lipinski definition) is 2. The maximum absolute atomic E-state index is 9.36. The van der Waals surface area contributed by atoms with Crippen molar-refractivity contribution in [2.24, 2.45) is 0 Å². The summed E-state index contributed by atoms with van der Waals surface area (Å²) in [6.45, 7) is 8.94. The Morgan fingerprint density at radius 2 is 1.88 bits per heavy atom. The first-order valence-electron chi connectivity index (χ1n) is 6.53. The van der Waals surface area contributed by atoms with E-state index in [-0.39, 0.29) is 0 Å². The van der Waals surface area contributed by atoms with Crippen molar-refractivity contribution in [2.45, 2.75) is 46.2 Å². The molecule has 0 spiro atoms. The summed E-state index contributed by atoms with van der Waals surface area (Å²) in [6, 6.07) is 4.88. The molecular formula is C15H23NO. The molecule has 0 unspecified atom stereocenters. The molecule has 1 fully saturated rings. The lowest BCUT2D eigenvalue weighted by Crippen LogP contribution is -2.32. The fourth-order valence-corrected chi connectivity index (χ4v) is 2.97. The van der Waals surface area contributed by atoms with Crippen LogP contribution in [0.25, 0.3) is 0 Å². The first-order chi connectivity index (χ1) is 8.11. The van der Waals surface area contributed by atoms with E-state index in [0.717, 1.165) is 19.5 Å². The lowest BCUT2D eigenvalue weighted by atomic mass is 9.99. The Balaban J connectivity index is 2.18. The van der Waals surface area contributed by atoms with Gasteiger partial charge in [-0.25, -0.2) is 0 Å². The molecule has 17 heavy (non-hydrogen) atoms. The molecule has 2 nitrogen and oxygen atoms in total. The Bertz CT molecular complexity index is 377. The van der Waals surface area contributed by atoms with Crippen LogP contribution in [-0.2, 0) is 6.54 Å². The van der Waals surface area contributed by atoms with Gasteiger partial charge in [-0.15, -0.1) is 0 Å². The Morgan fingerprint density at radius 3 is 2.47 bits per heavy atom. The van der Waals surface area contributed by atoms with Crippen molar-refractivity contribution in [3.63, 3.8) is 0 Å². The predicted octanol–water partition coefficient (Wildman–Crippen LogP) is 2.57. The zero-order valence-electron chi connectivity index (χ0n) is 11.2. The summed E-state index contributed by atoms with van der Waals surface area (Å²) in [5, 5.41) is 9.36. The highest BCUT2D eigenvalue weighted by Crippen LogP contribution is 2.23. The third-order valence-corrected chi connectivity index (χ3v) is 3.91. The van der Waals surface area contributed by atoms with E-state index in [0.29, 0.717) is 12.6 Å². The summed E-state index contributed by atoms with van der Waals surface area (Å²) in [5.41, 5.74) is 5.54. The average Bonchev–Trinajstić information content (AvgIpc) is 2.70. The molecule has 94 valence electrons. The van der Waals surface area contributed by atoms with E-state index in [1.807, 2.05) is 0 Å². The Hall–Kier alpha value is -0.860. The fourth-order valence-electron chi connectivity index (χ4n) is 2.97. The quantitative estimate of drug-likeness (QED) is 0.867. The van der Waals surface area contributed by atoms with Gasteiger partial charge >= 0.3 is 0 Å². The monoisotopic (exact) mass is 233 g/mol. The van der Waals surface area contributed by atoms with Crippen LogP contribution in [0, 0.1) is 20.8 Å². The lowest BCUT2D eigenvalue weighted by Gasteiger charge is -2.24. The maximum atomic E-state index is 9.36. The fraction of sp³-hybridized carbons (Fsp3) is 0.600. The summed E-state index contributed by atoms with van der Waals surface area (Å²) in [4.78, 5) is 2.42. The topological polar surface area (TPSA) is 23.5 Å². The van der Waals surface area contributed by atoms with Crippen LogP contribution in [0.5, 0.6) is 0 Å². The van der Waals surface area contributed by atoms with Gasteiger partial charge in [0, 0.05) is 12.6 Å². The number of rotatable bonds is 3. The molecule has 1 heterocycles. The van der Waals surface area contributed by atoms with E-state index < -0.39 is 0 Å². The van der Waals surface area contributed by atoms with Gasteiger partial charge in [0.2, 0.25) is 0 Å². The van der Waals surface area contributed by atoms with E-state index in [1.54, 1.807) is 0 Å². The molecule has 1 aliphatic heterocycles. The summed E-state index contributed by atoms with van der Waals surface area (Å²) >= 11 is 0. The molecule has 1 aliphatic rings. The highest BCUT2D eigenvalue weighted by Gasteiger charge is 2.24. The van der Waals surface area contributed by atoms with Crippen molar-refractivity contribution >= 4 is 0 Å². The van der Waals surface area contributed by atoms with E-state index in [1.165, 1.54) is 28.7 Å². The zero-order valence-corrected chi connectivity index (χ0v) is 11.2. The minimum absolute atomic E-state index is 0.296. The number of aliphatic hydroxyl groups is 1. The van der Waals surface area contributed by atoms with Crippen molar-refractivity contribution in [1.29, 1.82) is 0 Å². The number of likely N-dealkylation sites (tertiary alicyclic amines) is 1. The van der Waals surface area contributed by atoms with Crippen LogP contribution in [0.2, 0.25) is 0 Å². The van der Waals surface area contributed by atoms with Crippen LogP contribution in [0.4, 0.5) is 0 Å². The molecule has 1 N–H and O–H groups in total. The van der Waals surface area contributed by atoms with Crippen LogP contribution in [0.15, 0.2) is 12.1 Å². The molecule has 0 aliphatic carbocycles. The van der Waals surface area contributed by atoms with Crippen molar-refractivity contribution < 1.29 is 5.11 Å². The van der Waals surface area contributed by atoms with E-state index in [9.17, 15) is 5.11 Å². The summed E-state index contributed by atoms with van der Waals surface area (Å²) in [7, 11) is 0. The first kappa shape index (κ1) is 12.6. The van der Waals surface area contributed by atoms with Gasteiger partial charge in [-0.3, -0.25) is 4.90 Å². The Morgan fingerprint density at radius 1 is 1.24 bits per heavy atom. The van der Waals surface area contributed by atoms with Crippen LogP contribution < -0.4 is 0 Å². The SMILES string of the molecule is Cc1cc(C)c(CN2CCC[C@H]2CO)c(C)c1. The Labute approximate surface area is 104 Å². The van der Waals surface area contributed by atoms with Crippen LogP contribution in [-0.4, -0.2) is 29.2 Å². The van der Waals surface area contributed by atoms with Crippen molar-refractivity contribution in [2.75, 3.05) is 13.2 Å². The maximum Gasteiger partial charge on any atom is 0.0587 e. The van der Waals surface area contributed by atoms with E-state index >= 15 is 0 Å². The van der Waals surface area contributed by atoms with E-state index in [4.69, 9.17) is 0 Å². The normalized spacial score (nSPS) is 21.1. The van der Waals surface area contributed by atoms with Crippen LogP contribution in [0.3, 0.4) is 0 Å².